The van der Waals surface area contributed by atoms with Gasteiger partial charge in [0.25, 0.3) is 0 Å². The van der Waals surface area contributed by atoms with Gasteiger partial charge in [0, 0.05) is 30.6 Å². The van der Waals surface area contributed by atoms with E-state index in [-0.39, 0.29) is 30.1 Å². The molecule has 172 valence electrons. The van der Waals surface area contributed by atoms with Crippen molar-refractivity contribution in [3.05, 3.63) is 77.4 Å². The second kappa shape index (κ2) is 9.85. The number of aromatic nitrogens is 1. The highest BCUT2D eigenvalue weighted by molar-refractivity contribution is 5.81. The number of carbonyl (C=O) groups excluding carboxylic acids is 1. The number of nitrogens with zero attached hydrogens (tertiary/aromatic N) is 3. The summed E-state index contributed by atoms with van der Waals surface area (Å²) in [5.74, 6) is -0.0346. The number of primary amides is 1. The normalized spacial score (nSPS) is 17.7. The largest absolute Gasteiger partial charge is 0.370 e. The fourth-order valence-electron chi connectivity index (χ4n) is 4.11. The van der Waals surface area contributed by atoms with Crippen LogP contribution < -0.4 is 11.5 Å². The lowest BCUT2D eigenvalue weighted by atomic mass is 9.94. The Morgan fingerprint density at radius 2 is 2.03 bits per heavy atom. The summed E-state index contributed by atoms with van der Waals surface area (Å²) in [6.07, 6.45) is 1.61. The fourth-order valence-corrected chi connectivity index (χ4v) is 4.11. The van der Waals surface area contributed by atoms with Crippen LogP contribution in [0.1, 0.15) is 42.7 Å². The maximum atomic E-state index is 14.8. The van der Waals surface area contributed by atoms with Crippen molar-refractivity contribution in [2.75, 3.05) is 13.1 Å². The minimum atomic E-state index is -0.311. The molecule has 4 N–H and O–H groups in total. The Morgan fingerprint density at radius 1 is 1.24 bits per heavy atom. The van der Waals surface area contributed by atoms with Crippen LogP contribution >= 0.6 is 0 Å². The number of hydrogen-bond donors (Lipinski definition) is 2. The molecular weight excluding hydrogens is 421 g/mol. The zero-order valence-electron chi connectivity index (χ0n) is 18.6. The van der Waals surface area contributed by atoms with Crippen LogP contribution in [0.2, 0.25) is 0 Å². The molecule has 3 aromatic rings. The average molecular weight is 450 g/mol. The lowest BCUT2D eigenvalue weighted by molar-refractivity contribution is -0.122. The summed E-state index contributed by atoms with van der Waals surface area (Å²) in [5.41, 5.74) is 14.4. The molecule has 1 amide bonds. The molecule has 2 aromatic carbocycles. The Hall–Kier alpha value is -3.68. The molecule has 7 nitrogen and oxygen atoms in total. The third-order valence-electron chi connectivity index (χ3n) is 6.14. The van der Waals surface area contributed by atoms with Gasteiger partial charge in [-0.25, -0.2) is 9.38 Å². The van der Waals surface area contributed by atoms with Gasteiger partial charge >= 0.3 is 0 Å². The van der Waals surface area contributed by atoms with E-state index in [9.17, 15) is 9.18 Å². The summed E-state index contributed by atoms with van der Waals surface area (Å²) >= 11 is 0. The summed E-state index contributed by atoms with van der Waals surface area (Å²) in [6.45, 7) is 3.40. The van der Waals surface area contributed by atoms with Crippen molar-refractivity contribution in [2.24, 2.45) is 22.4 Å². The van der Waals surface area contributed by atoms with Crippen LogP contribution in [0.15, 0.2) is 64.1 Å². The molecule has 2 heterocycles. The van der Waals surface area contributed by atoms with E-state index in [2.05, 4.69) is 10.1 Å². The van der Waals surface area contributed by atoms with Gasteiger partial charge in [0.1, 0.15) is 12.4 Å². The van der Waals surface area contributed by atoms with E-state index in [0.717, 1.165) is 30.5 Å². The van der Waals surface area contributed by atoms with Gasteiger partial charge in [0.15, 0.2) is 11.7 Å². The van der Waals surface area contributed by atoms with Crippen molar-refractivity contribution >= 4 is 11.9 Å². The number of piperidine rings is 1. The summed E-state index contributed by atoms with van der Waals surface area (Å²) in [6, 6.07) is 16.5. The van der Waals surface area contributed by atoms with Crippen LogP contribution in [0, 0.1) is 11.7 Å². The Labute approximate surface area is 192 Å². The molecule has 0 bridgehead atoms. The first-order chi connectivity index (χ1) is 15.9. The molecule has 2 unspecified atom stereocenters. The molecule has 4 rings (SSSR count). The van der Waals surface area contributed by atoms with Crippen molar-refractivity contribution in [2.45, 2.75) is 32.2 Å². The molecule has 1 fully saturated rings. The number of aliphatic imine (C=N–C) groups is 1. The summed E-state index contributed by atoms with van der Waals surface area (Å²) in [7, 11) is 0. The zero-order chi connectivity index (χ0) is 23.4. The van der Waals surface area contributed by atoms with Crippen LogP contribution in [-0.2, 0) is 11.3 Å². The van der Waals surface area contributed by atoms with Gasteiger partial charge in [-0.15, -0.1) is 0 Å². The number of halogens is 1. The molecule has 1 saturated heterocycles. The summed E-state index contributed by atoms with van der Waals surface area (Å²) in [4.78, 5) is 17.7. The first-order valence-electron chi connectivity index (χ1n) is 11.1. The second-order valence-corrected chi connectivity index (χ2v) is 8.41. The highest BCUT2D eigenvalue weighted by atomic mass is 19.1. The van der Waals surface area contributed by atoms with E-state index >= 15 is 0 Å². The van der Waals surface area contributed by atoms with Gasteiger partial charge in [-0.1, -0.05) is 54.5 Å². The molecule has 8 heteroatoms. The van der Waals surface area contributed by atoms with Crippen molar-refractivity contribution in [3.63, 3.8) is 0 Å². The van der Waals surface area contributed by atoms with Gasteiger partial charge in [-0.05, 0) is 30.0 Å². The Kier molecular flexibility index (Phi) is 6.72. The Bertz CT molecular complexity index is 1140. The topological polar surface area (TPSA) is 111 Å². The molecule has 2 atom stereocenters. The van der Waals surface area contributed by atoms with Crippen LogP contribution in [0.5, 0.6) is 0 Å². The van der Waals surface area contributed by atoms with E-state index < -0.39 is 0 Å². The molecule has 0 spiro atoms. The van der Waals surface area contributed by atoms with E-state index in [4.69, 9.17) is 16.0 Å². The van der Waals surface area contributed by atoms with Crippen LogP contribution in [0.25, 0.3) is 11.1 Å². The van der Waals surface area contributed by atoms with Gasteiger partial charge in [-0.2, -0.15) is 0 Å². The Balaban J connectivity index is 1.42. The van der Waals surface area contributed by atoms with Gasteiger partial charge in [0.2, 0.25) is 5.91 Å². The van der Waals surface area contributed by atoms with Crippen LogP contribution in [-0.4, -0.2) is 35.0 Å². The smallest absolute Gasteiger partial charge is 0.222 e. The third kappa shape index (κ3) is 5.22. The Morgan fingerprint density at radius 3 is 2.76 bits per heavy atom. The average Bonchev–Trinajstić information content (AvgIpc) is 3.31. The highest BCUT2D eigenvalue weighted by Crippen LogP contribution is 2.29. The van der Waals surface area contributed by atoms with Crippen molar-refractivity contribution < 1.29 is 13.7 Å². The lowest BCUT2D eigenvalue weighted by Gasteiger charge is -2.31. The third-order valence-corrected chi connectivity index (χ3v) is 6.14. The first kappa shape index (κ1) is 22.5. The SMILES string of the molecule is CC(c1ccc(-c2ccccc2)c(F)c1)c1cc(CN=C(N)N2CCCC(C(N)=O)C2)on1. The lowest BCUT2D eigenvalue weighted by Crippen LogP contribution is -2.47. The molecule has 0 radical (unpaired) electrons. The van der Waals surface area contributed by atoms with Crippen molar-refractivity contribution in [1.29, 1.82) is 0 Å². The van der Waals surface area contributed by atoms with E-state index in [1.807, 2.05) is 54.3 Å². The number of nitrogens with two attached hydrogens (primary N) is 2. The fraction of sp³-hybridized carbons (Fsp3) is 0.320. The quantitative estimate of drug-likeness (QED) is 0.441. The monoisotopic (exact) mass is 449 g/mol. The molecular formula is C25H28FN5O2. The molecule has 33 heavy (non-hydrogen) atoms. The predicted octanol–water partition coefficient (Wildman–Crippen LogP) is 3.64. The molecule has 1 aliphatic heterocycles. The predicted molar refractivity (Wildman–Crippen MR) is 125 cm³/mol. The number of guanidine groups is 1. The maximum absolute atomic E-state index is 14.8. The number of likely N-dealkylation sites (tertiary alicyclic amines) is 1. The van der Waals surface area contributed by atoms with Crippen LogP contribution in [0.3, 0.4) is 0 Å². The number of rotatable bonds is 6. The van der Waals surface area contributed by atoms with Gasteiger partial charge in [0.05, 0.1) is 11.6 Å². The molecule has 0 aliphatic carbocycles. The number of amides is 1. The maximum Gasteiger partial charge on any atom is 0.222 e. The number of hydrogen-bond acceptors (Lipinski definition) is 4. The van der Waals surface area contributed by atoms with Gasteiger partial charge in [-0.3, -0.25) is 4.79 Å². The molecule has 1 aromatic heterocycles. The standard InChI is InChI=1S/C25H28FN5O2/c1-16(18-9-10-21(22(26)12-18)17-6-3-2-4-7-17)23-13-20(33-30-23)14-29-25(28)31-11-5-8-19(15-31)24(27)32/h2-4,6-7,9-10,12-13,16,19H,5,8,11,14-15H2,1H3,(H2,27,32)(H2,28,29). The molecule has 1 aliphatic rings. The summed E-state index contributed by atoms with van der Waals surface area (Å²) < 4.78 is 20.2. The van der Waals surface area contributed by atoms with Crippen LogP contribution in [0.4, 0.5) is 4.39 Å². The molecule has 0 saturated carbocycles. The number of carbonyl (C=O) groups is 1. The van der Waals surface area contributed by atoms with E-state index in [0.29, 0.717) is 29.5 Å². The zero-order valence-corrected chi connectivity index (χ0v) is 18.6. The van der Waals surface area contributed by atoms with E-state index in [1.54, 1.807) is 12.1 Å². The van der Waals surface area contributed by atoms with E-state index in [1.165, 1.54) is 0 Å². The number of benzene rings is 2. The minimum Gasteiger partial charge on any atom is -0.370 e. The van der Waals surface area contributed by atoms with Crippen molar-refractivity contribution in [1.82, 2.24) is 10.1 Å². The summed E-state index contributed by atoms with van der Waals surface area (Å²) in [5, 5.41) is 4.15. The van der Waals surface area contributed by atoms with Gasteiger partial charge < -0.3 is 20.9 Å². The first-order valence-corrected chi connectivity index (χ1v) is 11.1. The van der Waals surface area contributed by atoms with Crippen molar-refractivity contribution in [3.8, 4) is 11.1 Å². The second-order valence-electron chi connectivity index (χ2n) is 8.41. The minimum absolute atomic E-state index is 0.151. The highest BCUT2D eigenvalue weighted by Gasteiger charge is 2.25.